The molecule has 0 spiro atoms. The molecule has 0 N–H and O–H groups in total. The van der Waals surface area contributed by atoms with E-state index in [0.29, 0.717) is 13.2 Å². The normalized spacial score (nSPS) is 13.0. The molecule has 0 saturated heterocycles. The van der Waals surface area contributed by atoms with E-state index >= 15 is 0 Å². The Balaban J connectivity index is 2.44. The number of ether oxygens (including phenoxy) is 1. The van der Waals surface area contributed by atoms with Gasteiger partial charge in [0.1, 0.15) is 0 Å². The minimum absolute atomic E-state index is 0.0827. The van der Waals surface area contributed by atoms with Crippen molar-refractivity contribution in [2.24, 2.45) is 5.92 Å². The van der Waals surface area contributed by atoms with Gasteiger partial charge in [-0.1, -0.05) is 87.5 Å². The molecule has 0 aliphatic rings. The number of carbonyl (C=O) groups excluding carboxylic acids is 1. The maximum absolute atomic E-state index is 12.0. The molecule has 0 fully saturated rings. The van der Waals surface area contributed by atoms with Gasteiger partial charge in [0, 0.05) is 12.5 Å². The van der Waals surface area contributed by atoms with Crippen molar-refractivity contribution in [1.82, 2.24) is 0 Å². The summed E-state index contributed by atoms with van der Waals surface area (Å²) in [6, 6.07) is 21.0. The van der Waals surface area contributed by atoms with Crippen molar-refractivity contribution in [3.63, 3.8) is 0 Å². The molecule has 0 radical (unpaired) electrons. The Labute approximate surface area is 170 Å². The van der Waals surface area contributed by atoms with Crippen LogP contribution in [0, 0.1) is 5.92 Å². The molecule has 0 amide bonds. The zero-order chi connectivity index (χ0) is 20.6. The Kier molecular flexibility index (Phi) is 7.78. The molecule has 1 atom stereocenters. The molecule has 2 rings (SSSR count). The summed E-state index contributed by atoms with van der Waals surface area (Å²) in [6.45, 7) is 13.3. The van der Waals surface area contributed by atoms with Crippen LogP contribution in [0.5, 0.6) is 0 Å². The van der Waals surface area contributed by atoms with Crippen molar-refractivity contribution in [3.05, 3.63) is 73.3 Å². The lowest BCUT2D eigenvalue weighted by Crippen LogP contribution is -2.66. The fraction of sp³-hybridized carbons (Fsp3) is 0.375. The van der Waals surface area contributed by atoms with Crippen molar-refractivity contribution in [2.75, 3.05) is 13.2 Å². The summed E-state index contributed by atoms with van der Waals surface area (Å²) in [5, 5.41) is 2.37. The molecule has 0 aromatic heterocycles. The summed E-state index contributed by atoms with van der Waals surface area (Å²) in [7, 11) is -2.60. The number of hydrogen-bond donors (Lipinski definition) is 0. The zero-order valence-electron chi connectivity index (χ0n) is 17.5. The first-order valence-corrected chi connectivity index (χ1v) is 11.8. The average molecular weight is 397 g/mol. The van der Waals surface area contributed by atoms with E-state index in [1.54, 1.807) is 6.08 Å². The quantitative estimate of drug-likeness (QED) is 0.360. The van der Waals surface area contributed by atoms with Gasteiger partial charge in [-0.05, 0) is 22.3 Å². The van der Waals surface area contributed by atoms with Gasteiger partial charge in [-0.2, -0.15) is 0 Å². The summed E-state index contributed by atoms with van der Waals surface area (Å²) in [5.74, 6) is -0.292. The summed E-state index contributed by atoms with van der Waals surface area (Å²) in [6.07, 6.45) is 2.09. The summed E-state index contributed by atoms with van der Waals surface area (Å²) < 4.78 is 12.0. The topological polar surface area (TPSA) is 35.5 Å². The molecule has 4 heteroatoms. The van der Waals surface area contributed by atoms with Crippen molar-refractivity contribution in [3.8, 4) is 0 Å². The van der Waals surface area contributed by atoms with Crippen LogP contribution >= 0.6 is 0 Å². The Bertz CT molecular complexity index is 711. The highest BCUT2D eigenvalue weighted by atomic mass is 28.4. The van der Waals surface area contributed by atoms with Gasteiger partial charge in [-0.25, -0.2) is 0 Å². The molecular weight excluding hydrogens is 364 g/mol. The van der Waals surface area contributed by atoms with Gasteiger partial charge >= 0.3 is 5.97 Å². The van der Waals surface area contributed by atoms with Crippen LogP contribution in [0.1, 0.15) is 34.1 Å². The third-order valence-corrected chi connectivity index (χ3v) is 10.0. The summed E-state index contributed by atoms with van der Waals surface area (Å²) in [5.41, 5.74) is 0. The number of esters is 1. The standard InChI is InChI=1S/C24H32O3Si/c1-6-20(18-23(25)26-7-2)19-27-28(24(3,4)5,21-14-10-8-11-15-21)22-16-12-9-13-17-22/h6,8-17,20H,1,7,18-19H2,2-5H3/t20-/m0/s1. The maximum Gasteiger partial charge on any atom is 0.306 e. The SMILES string of the molecule is C=C[C@H](CO[Si](c1ccccc1)(c1ccccc1)C(C)(C)C)CC(=O)OCC. The maximum atomic E-state index is 12.0. The molecule has 3 nitrogen and oxygen atoms in total. The number of carbonyl (C=O) groups is 1. The first-order chi connectivity index (χ1) is 13.3. The average Bonchev–Trinajstić information content (AvgIpc) is 2.68. The second-order valence-electron chi connectivity index (χ2n) is 7.98. The van der Waals surface area contributed by atoms with E-state index in [1.165, 1.54) is 10.4 Å². The fourth-order valence-corrected chi connectivity index (χ4v) is 8.26. The number of hydrogen-bond acceptors (Lipinski definition) is 3. The lowest BCUT2D eigenvalue weighted by molar-refractivity contribution is -0.144. The lowest BCUT2D eigenvalue weighted by atomic mass is 10.1. The van der Waals surface area contributed by atoms with Gasteiger partial charge in [0.15, 0.2) is 0 Å². The van der Waals surface area contributed by atoms with Gasteiger partial charge in [0.25, 0.3) is 8.32 Å². The molecule has 0 unspecified atom stereocenters. The van der Waals surface area contributed by atoms with Crippen LogP contribution in [0.4, 0.5) is 0 Å². The number of rotatable bonds is 9. The van der Waals surface area contributed by atoms with Gasteiger partial charge in [0.05, 0.1) is 13.0 Å². The van der Waals surface area contributed by atoms with E-state index in [1.807, 2.05) is 19.1 Å². The predicted molar refractivity (Wildman–Crippen MR) is 119 cm³/mol. The van der Waals surface area contributed by atoms with Crippen LogP contribution in [0.3, 0.4) is 0 Å². The third kappa shape index (κ3) is 5.00. The first kappa shape index (κ1) is 22.1. The van der Waals surface area contributed by atoms with Crippen LogP contribution in [-0.4, -0.2) is 27.5 Å². The molecule has 0 aliphatic carbocycles. The monoisotopic (exact) mass is 396 g/mol. The first-order valence-electron chi connectivity index (χ1n) is 9.88. The summed E-state index contributed by atoms with van der Waals surface area (Å²) in [4.78, 5) is 12.0. The molecule has 2 aromatic rings. The minimum Gasteiger partial charge on any atom is -0.466 e. The van der Waals surface area contributed by atoms with Crippen molar-refractivity contribution in [2.45, 2.75) is 39.2 Å². The Morgan fingerprint density at radius 1 is 1.04 bits per heavy atom. The zero-order valence-corrected chi connectivity index (χ0v) is 18.5. The third-order valence-electron chi connectivity index (χ3n) is 5.00. The van der Waals surface area contributed by atoms with Gasteiger partial charge in [-0.3, -0.25) is 4.79 Å². The highest BCUT2D eigenvalue weighted by Crippen LogP contribution is 2.37. The highest BCUT2D eigenvalue weighted by molar-refractivity contribution is 6.99. The van der Waals surface area contributed by atoms with Gasteiger partial charge in [-0.15, -0.1) is 6.58 Å². The lowest BCUT2D eigenvalue weighted by Gasteiger charge is -2.43. The van der Waals surface area contributed by atoms with E-state index < -0.39 is 8.32 Å². The van der Waals surface area contributed by atoms with E-state index in [0.717, 1.165) is 0 Å². The molecule has 0 bridgehead atoms. The number of benzene rings is 2. The van der Waals surface area contributed by atoms with Gasteiger partial charge < -0.3 is 9.16 Å². The molecule has 0 saturated carbocycles. The van der Waals surface area contributed by atoms with Crippen LogP contribution < -0.4 is 10.4 Å². The van der Waals surface area contributed by atoms with Crippen LogP contribution in [0.2, 0.25) is 5.04 Å². The molecule has 0 heterocycles. The van der Waals surface area contributed by atoms with E-state index in [4.69, 9.17) is 9.16 Å². The predicted octanol–water partition coefficient (Wildman–Crippen LogP) is 4.32. The largest absolute Gasteiger partial charge is 0.466 e. The van der Waals surface area contributed by atoms with Gasteiger partial charge in [0.2, 0.25) is 0 Å². The van der Waals surface area contributed by atoms with Crippen molar-refractivity contribution < 1.29 is 14.0 Å². The van der Waals surface area contributed by atoms with E-state index in [9.17, 15) is 4.79 Å². The van der Waals surface area contributed by atoms with Crippen LogP contribution in [0.15, 0.2) is 73.3 Å². The van der Waals surface area contributed by atoms with Crippen LogP contribution in [0.25, 0.3) is 0 Å². The highest BCUT2D eigenvalue weighted by Gasteiger charge is 2.50. The minimum atomic E-state index is -2.60. The van der Waals surface area contributed by atoms with Crippen molar-refractivity contribution >= 4 is 24.7 Å². The molecule has 0 aliphatic heterocycles. The van der Waals surface area contributed by atoms with E-state index in [2.05, 4.69) is 75.9 Å². The Morgan fingerprint density at radius 2 is 1.54 bits per heavy atom. The van der Waals surface area contributed by atoms with E-state index in [-0.39, 0.29) is 23.3 Å². The molecule has 28 heavy (non-hydrogen) atoms. The smallest absolute Gasteiger partial charge is 0.306 e. The van der Waals surface area contributed by atoms with Crippen molar-refractivity contribution in [1.29, 1.82) is 0 Å². The molecular formula is C24H32O3Si. The van der Waals surface area contributed by atoms with Crippen LogP contribution in [-0.2, 0) is 14.0 Å². The fourth-order valence-electron chi connectivity index (χ4n) is 3.64. The molecule has 2 aromatic carbocycles. The second-order valence-corrected chi connectivity index (χ2v) is 12.3. The second kappa shape index (κ2) is 9.85. The Hall–Kier alpha value is -2.17. The Morgan fingerprint density at radius 3 is 1.93 bits per heavy atom. The summed E-state index contributed by atoms with van der Waals surface area (Å²) >= 11 is 0. The molecule has 150 valence electrons.